The van der Waals surface area contributed by atoms with Crippen LogP contribution in [0.3, 0.4) is 0 Å². The van der Waals surface area contributed by atoms with E-state index in [4.69, 9.17) is 20.8 Å². The fraction of sp³-hybridized carbons (Fsp3) is 0.350. The molecule has 0 spiro atoms. The summed E-state index contributed by atoms with van der Waals surface area (Å²) in [5.41, 5.74) is 1.86. The molecule has 2 N–H and O–H groups in total. The molecule has 1 unspecified atom stereocenters. The third-order valence-electron chi connectivity index (χ3n) is 5.17. The molecule has 0 radical (unpaired) electrons. The summed E-state index contributed by atoms with van der Waals surface area (Å²) in [5, 5.41) is 3.78. The molecular weight excluding hydrogens is 412 g/mol. The van der Waals surface area contributed by atoms with Gasteiger partial charge in [0, 0.05) is 35.0 Å². The minimum Gasteiger partial charge on any atom is -0.440 e. The number of amides is 1. The van der Waals surface area contributed by atoms with Crippen LogP contribution in [0.1, 0.15) is 47.8 Å². The Morgan fingerprint density at radius 2 is 2.00 bits per heavy atom. The van der Waals surface area contributed by atoms with Crippen LogP contribution in [-0.2, 0) is 9.73 Å². The van der Waals surface area contributed by atoms with Crippen molar-refractivity contribution < 1.29 is 13.4 Å². The Kier molecular flexibility index (Phi) is 5.31. The van der Waals surface area contributed by atoms with Crippen molar-refractivity contribution in [2.24, 2.45) is 0 Å². The van der Waals surface area contributed by atoms with Gasteiger partial charge in [0.2, 0.25) is 0 Å². The van der Waals surface area contributed by atoms with Gasteiger partial charge in [0.15, 0.2) is 11.5 Å². The van der Waals surface area contributed by atoms with Crippen LogP contribution >= 0.6 is 11.6 Å². The standard InChI is InChI=1S/C20H21ClN4O3S/c1-29(22,27)18-10-13(8-9-23-18)19(26)24-15-5-2-12(3-6-15)20-25-16-11-14(21)4-7-17(16)28-20/h4,7-12,15,22H,2-3,5-6H2,1H3,(H,24,26). The van der Waals surface area contributed by atoms with Gasteiger partial charge in [-0.05, 0) is 56.0 Å². The van der Waals surface area contributed by atoms with E-state index in [1.165, 1.54) is 18.5 Å². The van der Waals surface area contributed by atoms with Gasteiger partial charge < -0.3 is 9.73 Å². The maximum Gasteiger partial charge on any atom is 0.251 e. The predicted octanol–water partition coefficient (Wildman–Crippen LogP) is 4.37. The lowest BCUT2D eigenvalue weighted by molar-refractivity contribution is 0.0924. The molecule has 1 amide bonds. The van der Waals surface area contributed by atoms with Gasteiger partial charge in [-0.15, -0.1) is 0 Å². The molecule has 1 aliphatic rings. The molecule has 3 aromatic rings. The number of nitrogens with one attached hydrogen (secondary N) is 2. The molecule has 4 rings (SSSR count). The molecule has 9 heteroatoms. The number of hydrogen-bond acceptors (Lipinski definition) is 6. The minimum atomic E-state index is -2.96. The van der Waals surface area contributed by atoms with Gasteiger partial charge in [-0.25, -0.2) is 19.0 Å². The Morgan fingerprint density at radius 1 is 1.24 bits per heavy atom. The van der Waals surface area contributed by atoms with Crippen LogP contribution in [0.4, 0.5) is 0 Å². The molecular formula is C20H21ClN4O3S. The van der Waals surface area contributed by atoms with Gasteiger partial charge >= 0.3 is 0 Å². The number of carbonyl (C=O) groups excluding carboxylic acids is 1. The third kappa shape index (κ3) is 4.43. The van der Waals surface area contributed by atoms with E-state index in [1.54, 1.807) is 18.2 Å². The van der Waals surface area contributed by atoms with Crippen molar-refractivity contribution in [3.05, 3.63) is 53.0 Å². The minimum absolute atomic E-state index is 0.0520. The van der Waals surface area contributed by atoms with Crippen molar-refractivity contribution in [3.8, 4) is 0 Å². The quantitative estimate of drug-likeness (QED) is 0.636. The fourth-order valence-electron chi connectivity index (χ4n) is 3.61. The van der Waals surface area contributed by atoms with Gasteiger partial charge in [0.05, 0.1) is 9.73 Å². The van der Waals surface area contributed by atoms with Crippen LogP contribution < -0.4 is 5.32 Å². The number of hydrogen-bond donors (Lipinski definition) is 2. The Bertz CT molecular complexity index is 1170. The zero-order valence-electron chi connectivity index (χ0n) is 15.9. The van der Waals surface area contributed by atoms with Gasteiger partial charge in [0.1, 0.15) is 10.5 Å². The second-order valence-corrected chi connectivity index (χ2v) is 9.95. The largest absolute Gasteiger partial charge is 0.440 e. The van der Waals surface area contributed by atoms with Gasteiger partial charge in [0.25, 0.3) is 5.91 Å². The number of aromatic nitrogens is 2. The summed E-state index contributed by atoms with van der Waals surface area (Å²) in [7, 11) is -2.96. The lowest BCUT2D eigenvalue weighted by Crippen LogP contribution is -2.37. The Balaban J connectivity index is 1.39. The van der Waals surface area contributed by atoms with E-state index in [-0.39, 0.29) is 22.9 Å². The first-order chi connectivity index (χ1) is 13.8. The summed E-state index contributed by atoms with van der Waals surface area (Å²) in [5.74, 6) is 0.700. The Morgan fingerprint density at radius 3 is 2.72 bits per heavy atom. The molecule has 1 aromatic carbocycles. The molecule has 152 valence electrons. The van der Waals surface area contributed by atoms with E-state index in [1.807, 2.05) is 6.07 Å². The topological polar surface area (TPSA) is 109 Å². The zero-order valence-corrected chi connectivity index (χ0v) is 17.4. The number of carbonyl (C=O) groups is 1. The van der Waals surface area contributed by atoms with Crippen molar-refractivity contribution >= 4 is 38.3 Å². The van der Waals surface area contributed by atoms with Crippen molar-refractivity contribution in [2.45, 2.75) is 42.7 Å². The molecule has 0 bridgehead atoms. The monoisotopic (exact) mass is 432 g/mol. The first-order valence-electron chi connectivity index (χ1n) is 9.36. The second kappa shape index (κ2) is 7.76. The van der Waals surface area contributed by atoms with Crippen LogP contribution in [0.15, 0.2) is 46.0 Å². The first kappa shape index (κ1) is 19.8. The van der Waals surface area contributed by atoms with Crippen LogP contribution in [-0.4, -0.2) is 32.4 Å². The third-order valence-corrected chi connectivity index (χ3v) is 6.43. The molecule has 1 atom stereocenters. The van der Waals surface area contributed by atoms with E-state index in [0.717, 1.165) is 42.7 Å². The highest BCUT2D eigenvalue weighted by Gasteiger charge is 2.27. The predicted molar refractivity (Wildman–Crippen MR) is 111 cm³/mol. The number of pyridine rings is 1. The summed E-state index contributed by atoms with van der Waals surface area (Å²) in [6.45, 7) is 0. The number of oxazole rings is 1. The molecule has 1 aliphatic carbocycles. The van der Waals surface area contributed by atoms with Crippen molar-refractivity contribution in [1.82, 2.24) is 15.3 Å². The molecule has 7 nitrogen and oxygen atoms in total. The van der Waals surface area contributed by atoms with Crippen LogP contribution in [0, 0.1) is 4.78 Å². The Hall–Kier alpha value is -2.45. The Labute approximate surface area is 173 Å². The second-order valence-electron chi connectivity index (χ2n) is 7.41. The highest BCUT2D eigenvalue weighted by Crippen LogP contribution is 2.34. The molecule has 1 fully saturated rings. The SMILES string of the molecule is CS(=N)(=O)c1cc(C(=O)NC2CCC(c3nc4cc(Cl)ccc4o3)CC2)ccn1. The highest BCUT2D eigenvalue weighted by atomic mass is 35.5. The average Bonchev–Trinajstić information content (AvgIpc) is 3.11. The maximum atomic E-state index is 12.6. The van der Waals surface area contributed by atoms with E-state index in [0.29, 0.717) is 10.6 Å². The van der Waals surface area contributed by atoms with Crippen LogP contribution in [0.25, 0.3) is 11.1 Å². The molecule has 29 heavy (non-hydrogen) atoms. The highest BCUT2D eigenvalue weighted by molar-refractivity contribution is 7.91. The summed E-state index contributed by atoms with van der Waals surface area (Å²) in [4.78, 5) is 21.1. The smallest absolute Gasteiger partial charge is 0.251 e. The number of nitrogens with zero attached hydrogens (tertiary/aromatic N) is 2. The molecule has 2 aromatic heterocycles. The van der Waals surface area contributed by atoms with Crippen molar-refractivity contribution in [1.29, 1.82) is 4.78 Å². The van der Waals surface area contributed by atoms with Gasteiger partial charge in [-0.1, -0.05) is 11.6 Å². The summed E-state index contributed by atoms with van der Waals surface area (Å²) in [6, 6.07) is 8.46. The van der Waals surface area contributed by atoms with Crippen molar-refractivity contribution in [2.75, 3.05) is 6.26 Å². The van der Waals surface area contributed by atoms with Crippen LogP contribution in [0.5, 0.6) is 0 Å². The van der Waals surface area contributed by atoms with E-state index < -0.39 is 9.73 Å². The lowest BCUT2D eigenvalue weighted by atomic mass is 9.86. The normalized spacial score (nSPS) is 21.6. The summed E-state index contributed by atoms with van der Waals surface area (Å²) in [6.07, 6.45) is 6.06. The zero-order chi connectivity index (χ0) is 20.6. The van der Waals surface area contributed by atoms with Crippen LogP contribution in [0.2, 0.25) is 5.02 Å². The lowest BCUT2D eigenvalue weighted by Gasteiger charge is -2.27. The molecule has 2 heterocycles. The van der Waals surface area contributed by atoms with Crippen molar-refractivity contribution in [3.63, 3.8) is 0 Å². The fourth-order valence-corrected chi connectivity index (χ4v) is 4.39. The first-order valence-corrected chi connectivity index (χ1v) is 11.7. The summed E-state index contributed by atoms with van der Waals surface area (Å²) < 4.78 is 25.4. The van der Waals surface area contributed by atoms with Gasteiger partial charge in [-0.3, -0.25) is 4.79 Å². The molecule has 0 aliphatic heterocycles. The van der Waals surface area contributed by atoms with E-state index in [2.05, 4.69) is 15.3 Å². The van der Waals surface area contributed by atoms with E-state index >= 15 is 0 Å². The van der Waals surface area contributed by atoms with Gasteiger partial charge in [-0.2, -0.15) is 0 Å². The molecule has 0 saturated heterocycles. The van der Waals surface area contributed by atoms with E-state index in [9.17, 15) is 9.00 Å². The number of fused-ring (bicyclic) bond motifs is 1. The number of benzene rings is 1. The number of halogens is 1. The summed E-state index contributed by atoms with van der Waals surface area (Å²) >= 11 is 6.01. The average molecular weight is 433 g/mol. The number of rotatable bonds is 4. The maximum absolute atomic E-state index is 12.6. The molecule has 1 saturated carbocycles.